The number of ether oxygens (including phenoxy) is 2. The van der Waals surface area contributed by atoms with Gasteiger partial charge in [0, 0.05) is 31.3 Å². The standard InChI is InChI=1S/C20H18F2N2O3/c1-24(13-15-5-6-16(21)12-17(15)22)20(25)8-4-14-3-7-18(27-10-9-23)19(11-14)26-2/h3-8,11-12H,10,13H2,1-2H3/b8-4+. The lowest BCUT2D eigenvalue weighted by atomic mass is 10.1. The highest BCUT2D eigenvalue weighted by Gasteiger charge is 2.10. The van der Waals surface area contributed by atoms with E-state index in [2.05, 4.69) is 0 Å². The molecule has 0 N–H and O–H groups in total. The molecule has 0 unspecified atom stereocenters. The molecular weight excluding hydrogens is 354 g/mol. The van der Waals surface area contributed by atoms with Crippen LogP contribution in [0.5, 0.6) is 11.5 Å². The van der Waals surface area contributed by atoms with E-state index in [1.807, 2.05) is 6.07 Å². The highest BCUT2D eigenvalue weighted by molar-refractivity contribution is 5.91. The third kappa shape index (κ3) is 5.54. The monoisotopic (exact) mass is 372 g/mol. The van der Waals surface area contributed by atoms with Crippen LogP contribution in [0.4, 0.5) is 8.78 Å². The van der Waals surface area contributed by atoms with E-state index in [1.165, 1.54) is 31.2 Å². The first kappa shape index (κ1) is 19.9. The molecule has 2 aromatic carbocycles. The molecule has 0 spiro atoms. The van der Waals surface area contributed by atoms with Crippen LogP contribution in [0.3, 0.4) is 0 Å². The van der Waals surface area contributed by atoms with E-state index in [1.54, 1.807) is 24.3 Å². The SMILES string of the molecule is COc1cc(/C=C/C(=O)N(C)Cc2ccc(F)cc2F)ccc1OCC#N. The molecule has 2 aromatic rings. The summed E-state index contributed by atoms with van der Waals surface area (Å²) in [4.78, 5) is 13.5. The van der Waals surface area contributed by atoms with Gasteiger partial charge in [-0.2, -0.15) is 5.26 Å². The summed E-state index contributed by atoms with van der Waals surface area (Å²) in [6.07, 6.45) is 2.92. The fourth-order valence-corrected chi connectivity index (χ4v) is 2.30. The van der Waals surface area contributed by atoms with Crippen LogP contribution >= 0.6 is 0 Å². The van der Waals surface area contributed by atoms with Crippen LogP contribution in [0, 0.1) is 23.0 Å². The number of benzene rings is 2. The number of carbonyl (C=O) groups excluding carboxylic acids is 1. The zero-order valence-electron chi connectivity index (χ0n) is 14.9. The number of hydrogen-bond donors (Lipinski definition) is 0. The molecule has 0 atom stereocenters. The molecule has 0 aliphatic carbocycles. The number of amides is 1. The van der Waals surface area contributed by atoms with Crippen LogP contribution in [0.15, 0.2) is 42.5 Å². The van der Waals surface area contributed by atoms with E-state index in [-0.39, 0.29) is 24.6 Å². The summed E-state index contributed by atoms with van der Waals surface area (Å²) < 4.78 is 37.1. The largest absolute Gasteiger partial charge is 0.493 e. The maximum atomic E-state index is 13.7. The van der Waals surface area contributed by atoms with Gasteiger partial charge in [-0.1, -0.05) is 12.1 Å². The topological polar surface area (TPSA) is 62.6 Å². The minimum Gasteiger partial charge on any atom is -0.493 e. The summed E-state index contributed by atoms with van der Waals surface area (Å²) >= 11 is 0. The number of hydrogen-bond acceptors (Lipinski definition) is 4. The second kappa shape index (κ2) is 9.34. The van der Waals surface area contributed by atoms with E-state index in [0.717, 1.165) is 12.1 Å². The van der Waals surface area contributed by atoms with Crippen molar-refractivity contribution in [1.29, 1.82) is 5.26 Å². The average molecular weight is 372 g/mol. The Balaban J connectivity index is 2.05. The summed E-state index contributed by atoms with van der Waals surface area (Å²) in [6.45, 7) is -0.0890. The van der Waals surface area contributed by atoms with E-state index >= 15 is 0 Å². The minimum atomic E-state index is -0.698. The predicted octanol–water partition coefficient (Wildman–Crippen LogP) is 3.55. The van der Waals surface area contributed by atoms with Crippen LogP contribution in [-0.2, 0) is 11.3 Å². The molecule has 0 aliphatic rings. The number of nitrogens with zero attached hydrogens (tertiary/aromatic N) is 2. The molecule has 0 aliphatic heterocycles. The Bertz CT molecular complexity index is 891. The zero-order chi connectivity index (χ0) is 19.8. The Labute approximate surface area is 156 Å². The molecule has 7 heteroatoms. The molecule has 0 aromatic heterocycles. The normalized spacial score (nSPS) is 10.5. The first-order valence-corrected chi connectivity index (χ1v) is 7.99. The van der Waals surface area contributed by atoms with Crippen molar-refractivity contribution in [1.82, 2.24) is 4.90 Å². The first-order chi connectivity index (χ1) is 12.9. The van der Waals surface area contributed by atoms with Gasteiger partial charge in [-0.3, -0.25) is 4.79 Å². The average Bonchev–Trinajstić information content (AvgIpc) is 2.66. The summed E-state index contributed by atoms with van der Waals surface area (Å²) in [5.41, 5.74) is 0.909. The number of methoxy groups -OCH3 is 1. The third-order valence-corrected chi connectivity index (χ3v) is 3.70. The molecule has 140 valence electrons. The van der Waals surface area contributed by atoms with Crippen molar-refractivity contribution in [3.8, 4) is 17.6 Å². The second-order valence-corrected chi connectivity index (χ2v) is 5.62. The molecule has 1 amide bonds. The maximum Gasteiger partial charge on any atom is 0.246 e. The van der Waals surface area contributed by atoms with Crippen molar-refractivity contribution < 1.29 is 23.0 Å². The van der Waals surface area contributed by atoms with Crippen LogP contribution in [0.25, 0.3) is 6.08 Å². The number of nitriles is 1. The summed E-state index contributed by atoms with van der Waals surface area (Å²) in [7, 11) is 2.99. The molecule has 0 bridgehead atoms. The lowest BCUT2D eigenvalue weighted by Gasteiger charge is -2.15. The van der Waals surface area contributed by atoms with E-state index in [9.17, 15) is 13.6 Å². The molecule has 0 heterocycles. The zero-order valence-corrected chi connectivity index (χ0v) is 14.9. The number of likely N-dealkylation sites (N-methyl/N-ethyl adjacent to an activating group) is 1. The van der Waals surface area contributed by atoms with E-state index < -0.39 is 11.6 Å². The lowest BCUT2D eigenvalue weighted by Crippen LogP contribution is -2.24. The molecule has 0 saturated carbocycles. The van der Waals surface area contributed by atoms with Gasteiger partial charge in [0.05, 0.1) is 7.11 Å². The molecule has 0 saturated heterocycles. The smallest absolute Gasteiger partial charge is 0.246 e. The molecular formula is C20H18F2N2O3. The summed E-state index contributed by atoms with van der Waals surface area (Å²) in [6, 6.07) is 10.1. The fourth-order valence-electron chi connectivity index (χ4n) is 2.30. The minimum absolute atomic E-state index is 0.0134. The Hall–Kier alpha value is -3.40. The van der Waals surface area contributed by atoms with E-state index in [0.29, 0.717) is 17.1 Å². The van der Waals surface area contributed by atoms with Gasteiger partial charge in [0.15, 0.2) is 18.1 Å². The van der Waals surface area contributed by atoms with Crippen LogP contribution in [0.2, 0.25) is 0 Å². The molecule has 2 rings (SSSR count). The van der Waals surface area contributed by atoms with Gasteiger partial charge in [0.2, 0.25) is 5.91 Å². The number of rotatable bonds is 7. The van der Waals surface area contributed by atoms with Gasteiger partial charge < -0.3 is 14.4 Å². The van der Waals surface area contributed by atoms with Crippen molar-refractivity contribution in [3.63, 3.8) is 0 Å². The molecule has 0 fully saturated rings. The van der Waals surface area contributed by atoms with Crippen LogP contribution in [-0.4, -0.2) is 31.6 Å². The Kier molecular flexibility index (Phi) is 6.89. The van der Waals surface area contributed by atoms with Crippen molar-refractivity contribution >= 4 is 12.0 Å². The van der Waals surface area contributed by atoms with Gasteiger partial charge in [-0.15, -0.1) is 0 Å². The number of carbonyl (C=O) groups is 1. The van der Waals surface area contributed by atoms with Gasteiger partial charge in [0.25, 0.3) is 0 Å². The predicted molar refractivity (Wildman–Crippen MR) is 96.0 cm³/mol. The molecule has 0 radical (unpaired) electrons. The summed E-state index contributed by atoms with van der Waals surface area (Å²) in [5.74, 6) is -0.854. The van der Waals surface area contributed by atoms with Gasteiger partial charge in [-0.05, 0) is 29.8 Å². The van der Waals surface area contributed by atoms with Crippen molar-refractivity contribution in [3.05, 3.63) is 65.2 Å². The highest BCUT2D eigenvalue weighted by Crippen LogP contribution is 2.28. The fraction of sp³-hybridized carbons (Fsp3) is 0.200. The maximum absolute atomic E-state index is 13.7. The van der Waals surface area contributed by atoms with Crippen molar-refractivity contribution in [2.75, 3.05) is 20.8 Å². The highest BCUT2D eigenvalue weighted by atomic mass is 19.1. The quantitative estimate of drug-likeness (QED) is 0.698. The lowest BCUT2D eigenvalue weighted by molar-refractivity contribution is -0.125. The summed E-state index contributed by atoms with van der Waals surface area (Å²) in [5, 5.41) is 8.57. The Morgan fingerprint density at radius 3 is 2.67 bits per heavy atom. The van der Waals surface area contributed by atoms with E-state index in [4.69, 9.17) is 14.7 Å². The third-order valence-electron chi connectivity index (χ3n) is 3.70. The first-order valence-electron chi connectivity index (χ1n) is 7.99. The van der Waals surface area contributed by atoms with Crippen molar-refractivity contribution in [2.45, 2.75) is 6.54 Å². The van der Waals surface area contributed by atoms with Gasteiger partial charge >= 0.3 is 0 Å². The Morgan fingerprint density at radius 1 is 1.22 bits per heavy atom. The Morgan fingerprint density at radius 2 is 2.00 bits per heavy atom. The van der Waals surface area contributed by atoms with Crippen LogP contribution < -0.4 is 9.47 Å². The number of halogens is 2. The van der Waals surface area contributed by atoms with Gasteiger partial charge in [0.1, 0.15) is 17.7 Å². The van der Waals surface area contributed by atoms with Crippen molar-refractivity contribution in [2.24, 2.45) is 0 Å². The second-order valence-electron chi connectivity index (χ2n) is 5.62. The molecule has 27 heavy (non-hydrogen) atoms. The van der Waals surface area contributed by atoms with Crippen LogP contribution in [0.1, 0.15) is 11.1 Å². The van der Waals surface area contributed by atoms with Gasteiger partial charge in [-0.25, -0.2) is 8.78 Å². The molecule has 5 nitrogen and oxygen atoms in total.